The van der Waals surface area contributed by atoms with Crippen LogP contribution in [0.4, 0.5) is 13.2 Å². The molecule has 160 valence electrons. The molecule has 0 aromatic heterocycles. The maximum Gasteiger partial charge on any atom is 0.573 e. The van der Waals surface area contributed by atoms with Gasteiger partial charge < -0.3 is 19.9 Å². The first-order valence-corrected chi connectivity index (χ1v) is 8.95. The Bertz CT molecular complexity index is 936. The maximum absolute atomic E-state index is 12.8. The summed E-state index contributed by atoms with van der Waals surface area (Å²) in [6.07, 6.45) is -4.84. The van der Waals surface area contributed by atoms with Crippen LogP contribution in [-0.2, 0) is 6.61 Å². The molecule has 3 aromatic rings. The van der Waals surface area contributed by atoms with Crippen molar-refractivity contribution in [2.75, 3.05) is 13.2 Å². The van der Waals surface area contributed by atoms with Gasteiger partial charge in [-0.05, 0) is 29.3 Å². The van der Waals surface area contributed by atoms with Gasteiger partial charge in [0.1, 0.15) is 19.0 Å². The molecule has 0 amide bonds. The zero-order chi connectivity index (χ0) is 20.7. The fourth-order valence-electron chi connectivity index (χ4n) is 2.73. The van der Waals surface area contributed by atoms with Gasteiger partial charge in [0.2, 0.25) is 0 Å². The lowest BCUT2D eigenvalue weighted by Crippen LogP contribution is -2.18. The third-order valence-electron chi connectivity index (χ3n) is 3.98. The Kier molecular flexibility index (Phi) is 8.38. The van der Waals surface area contributed by atoms with Gasteiger partial charge in [-0.1, -0.05) is 54.6 Å². The second-order valence-electron chi connectivity index (χ2n) is 6.12. The highest BCUT2D eigenvalue weighted by Gasteiger charge is 2.32. The Balaban J connectivity index is 0.00000320. The van der Waals surface area contributed by atoms with Crippen molar-refractivity contribution in [1.82, 2.24) is 0 Å². The molecule has 0 spiro atoms. The van der Waals surface area contributed by atoms with Crippen molar-refractivity contribution >= 4 is 12.4 Å². The van der Waals surface area contributed by atoms with Gasteiger partial charge in [0, 0.05) is 12.1 Å². The van der Waals surface area contributed by atoms with Crippen LogP contribution in [0.25, 0.3) is 11.1 Å². The summed E-state index contributed by atoms with van der Waals surface area (Å²) in [6.45, 7) is 0.579. The van der Waals surface area contributed by atoms with Gasteiger partial charge in [-0.15, -0.1) is 25.6 Å². The van der Waals surface area contributed by atoms with E-state index in [0.29, 0.717) is 23.5 Å². The minimum absolute atomic E-state index is 0. The summed E-state index contributed by atoms with van der Waals surface area (Å²) in [6, 6.07) is 21.1. The van der Waals surface area contributed by atoms with Crippen LogP contribution in [0.3, 0.4) is 0 Å². The number of halogens is 4. The van der Waals surface area contributed by atoms with Crippen molar-refractivity contribution < 1.29 is 27.4 Å². The highest BCUT2D eigenvalue weighted by Crippen LogP contribution is 2.38. The summed E-state index contributed by atoms with van der Waals surface area (Å²) in [5, 5.41) is 0. The van der Waals surface area contributed by atoms with E-state index in [2.05, 4.69) is 4.74 Å². The van der Waals surface area contributed by atoms with Gasteiger partial charge in [-0.3, -0.25) is 0 Å². The smallest absolute Gasteiger partial charge is 0.488 e. The van der Waals surface area contributed by atoms with Crippen molar-refractivity contribution in [3.63, 3.8) is 0 Å². The molecule has 2 N–H and O–H groups in total. The van der Waals surface area contributed by atoms with Gasteiger partial charge in [0.25, 0.3) is 0 Å². The topological polar surface area (TPSA) is 53.7 Å². The molecule has 0 unspecified atom stereocenters. The summed E-state index contributed by atoms with van der Waals surface area (Å²) in [7, 11) is 0. The number of hydrogen-bond donors (Lipinski definition) is 1. The number of rotatable bonds is 8. The van der Waals surface area contributed by atoms with Crippen LogP contribution in [0.15, 0.2) is 72.8 Å². The predicted molar refractivity (Wildman–Crippen MR) is 111 cm³/mol. The molecular weight excluding hydrogens is 419 g/mol. The van der Waals surface area contributed by atoms with E-state index in [0.717, 1.165) is 5.56 Å². The van der Waals surface area contributed by atoms with Crippen LogP contribution < -0.4 is 19.9 Å². The lowest BCUT2D eigenvalue weighted by atomic mass is 10.0. The minimum atomic E-state index is -4.84. The molecule has 0 atom stereocenters. The maximum atomic E-state index is 12.8. The predicted octanol–water partition coefficient (Wildman–Crippen LogP) is 5.59. The first-order valence-electron chi connectivity index (χ1n) is 8.95. The van der Waals surface area contributed by atoms with Crippen molar-refractivity contribution in [2.45, 2.75) is 13.0 Å². The van der Waals surface area contributed by atoms with Crippen molar-refractivity contribution in [3.05, 3.63) is 78.4 Å². The Morgan fingerprint density at radius 3 is 2.17 bits per heavy atom. The third kappa shape index (κ3) is 6.57. The Hall–Kier alpha value is -2.90. The molecule has 0 aliphatic carbocycles. The molecule has 0 bridgehead atoms. The SMILES string of the molecule is Cl.NCCOc1ccc(-c2ccccc2OCc2ccccc2)cc1OC(F)(F)F. The lowest BCUT2D eigenvalue weighted by molar-refractivity contribution is -0.275. The largest absolute Gasteiger partial charge is 0.573 e. The van der Waals surface area contributed by atoms with E-state index in [1.807, 2.05) is 30.3 Å². The van der Waals surface area contributed by atoms with Crippen LogP contribution in [0.2, 0.25) is 0 Å². The van der Waals surface area contributed by atoms with E-state index in [9.17, 15) is 13.2 Å². The van der Waals surface area contributed by atoms with E-state index >= 15 is 0 Å². The van der Waals surface area contributed by atoms with Crippen molar-refractivity contribution in [2.24, 2.45) is 5.73 Å². The second kappa shape index (κ2) is 10.8. The zero-order valence-corrected chi connectivity index (χ0v) is 16.7. The van der Waals surface area contributed by atoms with Crippen LogP contribution in [-0.4, -0.2) is 19.5 Å². The molecule has 0 aliphatic rings. The number of nitrogens with two attached hydrogens (primary N) is 1. The van der Waals surface area contributed by atoms with Gasteiger partial charge in [0.15, 0.2) is 11.5 Å². The Morgan fingerprint density at radius 1 is 0.767 bits per heavy atom. The van der Waals surface area contributed by atoms with Crippen LogP contribution in [0.5, 0.6) is 17.2 Å². The number of ether oxygens (including phenoxy) is 3. The van der Waals surface area contributed by atoms with Crippen molar-refractivity contribution in [3.8, 4) is 28.4 Å². The van der Waals surface area contributed by atoms with E-state index in [1.165, 1.54) is 12.1 Å². The number of para-hydroxylation sites is 1. The molecule has 0 saturated heterocycles. The average Bonchev–Trinajstić information content (AvgIpc) is 2.71. The normalized spacial score (nSPS) is 10.8. The highest BCUT2D eigenvalue weighted by atomic mass is 35.5. The molecule has 0 heterocycles. The molecule has 3 aromatic carbocycles. The quantitative estimate of drug-likeness (QED) is 0.497. The first kappa shape index (κ1) is 23.4. The number of alkyl halides is 3. The summed E-state index contributed by atoms with van der Waals surface area (Å²) in [4.78, 5) is 0. The molecule has 8 heteroatoms. The van der Waals surface area contributed by atoms with Gasteiger partial charge in [-0.25, -0.2) is 0 Å². The fraction of sp³-hybridized carbons (Fsp3) is 0.182. The summed E-state index contributed by atoms with van der Waals surface area (Å²) in [5.74, 6) is 0.0884. The lowest BCUT2D eigenvalue weighted by Gasteiger charge is -2.16. The van der Waals surface area contributed by atoms with E-state index in [1.54, 1.807) is 30.3 Å². The molecule has 30 heavy (non-hydrogen) atoms. The third-order valence-corrected chi connectivity index (χ3v) is 3.98. The standard InChI is InChI=1S/C22H20F3NO3.ClH/c23-22(24,25)29-21-14-17(10-11-20(21)27-13-12-26)18-8-4-5-9-19(18)28-15-16-6-2-1-3-7-16;/h1-11,14H,12-13,15,26H2;1H. The summed E-state index contributed by atoms with van der Waals surface area (Å²) >= 11 is 0. The van der Waals surface area contributed by atoms with Crippen LogP contribution in [0.1, 0.15) is 5.56 Å². The van der Waals surface area contributed by atoms with Crippen LogP contribution >= 0.6 is 12.4 Å². The molecule has 0 saturated carbocycles. The van der Waals surface area contributed by atoms with Crippen molar-refractivity contribution in [1.29, 1.82) is 0 Å². The van der Waals surface area contributed by atoms with Gasteiger partial charge in [0.05, 0.1) is 0 Å². The van der Waals surface area contributed by atoms with Gasteiger partial charge in [-0.2, -0.15) is 0 Å². The summed E-state index contributed by atoms with van der Waals surface area (Å²) in [5.41, 5.74) is 7.50. The highest BCUT2D eigenvalue weighted by molar-refractivity contribution is 5.85. The molecule has 0 radical (unpaired) electrons. The first-order chi connectivity index (χ1) is 14.0. The average molecular weight is 440 g/mol. The minimum Gasteiger partial charge on any atom is -0.488 e. The van der Waals surface area contributed by atoms with E-state index < -0.39 is 12.1 Å². The molecular formula is C22H21ClF3NO3. The fourth-order valence-corrected chi connectivity index (χ4v) is 2.73. The second-order valence-corrected chi connectivity index (χ2v) is 6.12. The Morgan fingerprint density at radius 2 is 1.47 bits per heavy atom. The number of hydrogen-bond acceptors (Lipinski definition) is 4. The van der Waals surface area contributed by atoms with E-state index in [-0.39, 0.29) is 31.3 Å². The Labute approximate surface area is 178 Å². The zero-order valence-electron chi connectivity index (χ0n) is 15.9. The molecule has 0 fully saturated rings. The van der Waals surface area contributed by atoms with E-state index in [4.69, 9.17) is 15.2 Å². The van der Waals surface area contributed by atoms with Gasteiger partial charge >= 0.3 is 6.36 Å². The molecule has 0 aliphatic heterocycles. The number of benzene rings is 3. The molecule has 4 nitrogen and oxygen atoms in total. The monoisotopic (exact) mass is 439 g/mol. The summed E-state index contributed by atoms with van der Waals surface area (Å²) < 4.78 is 53.8. The van der Waals surface area contributed by atoms with Crippen LogP contribution in [0, 0.1) is 0 Å². The molecule has 3 rings (SSSR count).